The van der Waals surface area contributed by atoms with Crippen LogP contribution in [0.3, 0.4) is 0 Å². The summed E-state index contributed by atoms with van der Waals surface area (Å²) < 4.78 is 13.1. The Morgan fingerprint density at radius 1 is 0.846 bits per heavy atom. The van der Waals surface area contributed by atoms with Crippen LogP contribution in [0.4, 0.5) is 0 Å². The summed E-state index contributed by atoms with van der Waals surface area (Å²) in [4.78, 5) is 0. The molecular weight excluding hydrogens is 271 g/mol. The van der Waals surface area contributed by atoms with Gasteiger partial charge in [-0.1, -0.05) is 0 Å². The summed E-state index contributed by atoms with van der Waals surface area (Å²) in [5, 5.41) is 0. The Morgan fingerprint density at radius 3 is 1.31 bits per heavy atom. The van der Waals surface area contributed by atoms with Gasteiger partial charge in [-0.2, -0.15) is 0 Å². The van der Waals surface area contributed by atoms with Crippen molar-refractivity contribution in [3.63, 3.8) is 0 Å². The van der Waals surface area contributed by atoms with E-state index in [0.717, 1.165) is 13.2 Å². The van der Waals surface area contributed by atoms with Crippen LogP contribution in [-0.4, -0.2) is 32.4 Å². The Bertz CT molecular complexity index is 119. The van der Waals surface area contributed by atoms with E-state index < -0.39 is 19.2 Å². The summed E-state index contributed by atoms with van der Waals surface area (Å²) in [6, 6.07) is 0. The summed E-state index contributed by atoms with van der Waals surface area (Å²) in [5.74, 6) is 0. The van der Waals surface area contributed by atoms with Gasteiger partial charge in [-0.15, -0.1) is 0 Å². The van der Waals surface area contributed by atoms with E-state index in [1.165, 1.54) is 0 Å². The van der Waals surface area contributed by atoms with Crippen molar-refractivity contribution in [1.82, 2.24) is 0 Å². The minimum atomic E-state index is -2.74. The molecule has 0 aromatic rings. The molecule has 0 bridgehead atoms. The molecule has 0 saturated heterocycles. The molecule has 0 amide bonds. The van der Waals surface area contributed by atoms with Crippen LogP contribution in [0.15, 0.2) is 0 Å². The van der Waals surface area contributed by atoms with Crippen molar-refractivity contribution >= 4 is 19.2 Å². The van der Waals surface area contributed by atoms with Crippen LogP contribution in [0.5, 0.6) is 0 Å². The predicted molar refractivity (Wildman–Crippen MR) is 59.2 cm³/mol. The molecule has 0 radical (unpaired) electrons. The zero-order valence-corrected chi connectivity index (χ0v) is 12.7. The van der Waals surface area contributed by atoms with Gasteiger partial charge in [-0.3, -0.25) is 0 Å². The molecule has 2 nitrogen and oxygen atoms in total. The zero-order valence-electron chi connectivity index (χ0n) is 9.89. The molecule has 0 rings (SSSR count). The van der Waals surface area contributed by atoms with Crippen LogP contribution in [0.25, 0.3) is 0 Å². The fraction of sp³-hybridized carbons (Fsp3) is 1.00. The van der Waals surface area contributed by atoms with Gasteiger partial charge in [0.1, 0.15) is 0 Å². The van der Waals surface area contributed by atoms with Crippen LogP contribution in [0, 0.1) is 0 Å². The first-order valence-electron chi connectivity index (χ1n) is 5.29. The summed E-state index contributed by atoms with van der Waals surface area (Å²) >= 11 is -2.74. The van der Waals surface area contributed by atoms with Gasteiger partial charge in [0.15, 0.2) is 0 Å². The van der Waals surface area contributed by atoms with Gasteiger partial charge >= 0.3 is 88.0 Å². The van der Waals surface area contributed by atoms with Crippen LogP contribution in [0.2, 0.25) is 7.87 Å². The van der Waals surface area contributed by atoms with Crippen molar-refractivity contribution in [1.29, 1.82) is 0 Å². The Morgan fingerprint density at radius 2 is 1.15 bits per heavy atom. The van der Waals surface area contributed by atoms with E-state index >= 15 is 0 Å². The van der Waals surface area contributed by atoms with Crippen molar-refractivity contribution in [2.45, 2.75) is 49.4 Å². The molecule has 0 aromatic carbocycles. The Kier molecular flexibility index (Phi) is 6.59. The van der Waals surface area contributed by atoms with Gasteiger partial charge in [-0.25, -0.2) is 0 Å². The van der Waals surface area contributed by atoms with E-state index in [0.29, 0.717) is 7.87 Å². The SMILES string of the molecule is CC[O][Sn]([O]CC)([CH](C)C)[CH](C)C. The molecule has 0 fully saturated rings. The molecule has 3 heteroatoms. The average molecular weight is 295 g/mol. The minimum absolute atomic E-state index is 0.592. The molecule has 0 aromatic heterocycles. The first kappa shape index (κ1) is 13.7. The van der Waals surface area contributed by atoms with Crippen molar-refractivity contribution in [2.24, 2.45) is 0 Å². The van der Waals surface area contributed by atoms with E-state index in [4.69, 9.17) is 6.15 Å². The van der Waals surface area contributed by atoms with Crippen molar-refractivity contribution in [2.75, 3.05) is 13.2 Å². The molecule has 0 heterocycles. The summed E-state index contributed by atoms with van der Waals surface area (Å²) in [6.45, 7) is 14.7. The van der Waals surface area contributed by atoms with Crippen LogP contribution in [-0.2, 0) is 6.15 Å². The number of rotatable bonds is 6. The van der Waals surface area contributed by atoms with Crippen LogP contribution in [0.1, 0.15) is 41.5 Å². The van der Waals surface area contributed by atoms with Gasteiger partial charge in [0.25, 0.3) is 0 Å². The first-order chi connectivity index (χ1) is 6.01. The second-order valence-electron chi connectivity index (χ2n) is 3.90. The second kappa shape index (κ2) is 6.25. The Hall–Kier alpha value is 0.719. The molecule has 0 aliphatic carbocycles. The van der Waals surface area contributed by atoms with Crippen molar-refractivity contribution in [3.05, 3.63) is 0 Å². The van der Waals surface area contributed by atoms with Gasteiger partial charge in [-0.05, 0) is 0 Å². The third kappa shape index (κ3) is 3.40. The van der Waals surface area contributed by atoms with Gasteiger partial charge in [0.05, 0.1) is 0 Å². The molecule has 0 saturated carbocycles. The summed E-state index contributed by atoms with van der Waals surface area (Å²) in [5.41, 5.74) is 0. The fourth-order valence-electron chi connectivity index (χ4n) is 1.83. The van der Waals surface area contributed by atoms with Crippen molar-refractivity contribution in [3.8, 4) is 0 Å². The Balaban J connectivity index is 4.59. The molecule has 80 valence electrons. The maximum absolute atomic E-state index is 5.98. The molecular formula is C10H24O2Sn. The summed E-state index contributed by atoms with van der Waals surface area (Å²) in [6.07, 6.45) is 0. The normalized spacial score (nSPS) is 12.9. The van der Waals surface area contributed by atoms with Crippen molar-refractivity contribution < 1.29 is 6.15 Å². The third-order valence-corrected chi connectivity index (χ3v) is 15.8. The zero-order chi connectivity index (χ0) is 10.5. The fourth-order valence-corrected chi connectivity index (χ4v) is 12.3. The van der Waals surface area contributed by atoms with Crippen LogP contribution < -0.4 is 0 Å². The quantitative estimate of drug-likeness (QED) is 0.700. The monoisotopic (exact) mass is 296 g/mol. The standard InChI is InChI=1S/2C3H7.2C2H5O.Sn/c2*1-3-2;2*1-2-3;/h2*3H,1-2H3;2*2H2,1H3;/q;;2*-1;+2. The number of hydrogen-bond donors (Lipinski definition) is 0. The van der Waals surface area contributed by atoms with E-state index in [-0.39, 0.29) is 0 Å². The van der Waals surface area contributed by atoms with E-state index in [1.807, 2.05) is 0 Å². The first-order valence-corrected chi connectivity index (χ1v) is 10.9. The van der Waals surface area contributed by atoms with Gasteiger partial charge < -0.3 is 0 Å². The maximum atomic E-state index is 5.98. The van der Waals surface area contributed by atoms with Crippen LogP contribution >= 0.6 is 0 Å². The molecule has 0 aliphatic rings. The second-order valence-corrected chi connectivity index (χ2v) is 16.3. The average Bonchev–Trinajstić information content (AvgIpc) is 2.03. The molecule has 0 atom stereocenters. The third-order valence-electron chi connectivity index (χ3n) is 2.35. The molecule has 0 unspecified atom stereocenters. The number of hydrogen-bond acceptors (Lipinski definition) is 2. The van der Waals surface area contributed by atoms with Gasteiger partial charge in [0.2, 0.25) is 0 Å². The van der Waals surface area contributed by atoms with E-state index in [1.54, 1.807) is 0 Å². The molecule has 0 N–H and O–H groups in total. The topological polar surface area (TPSA) is 18.5 Å². The van der Waals surface area contributed by atoms with Gasteiger partial charge in [0, 0.05) is 0 Å². The summed E-state index contributed by atoms with van der Waals surface area (Å²) in [7, 11) is 0. The molecule has 0 aliphatic heterocycles. The predicted octanol–water partition coefficient (Wildman–Crippen LogP) is 3.32. The molecule has 13 heavy (non-hydrogen) atoms. The van der Waals surface area contributed by atoms with E-state index in [9.17, 15) is 0 Å². The Labute approximate surface area is 88.0 Å². The van der Waals surface area contributed by atoms with E-state index in [2.05, 4.69) is 41.5 Å². The molecule has 0 spiro atoms.